The third-order valence-electron chi connectivity index (χ3n) is 3.82. The van der Waals surface area contributed by atoms with Gasteiger partial charge in [-0.1, -0.05) is 55.5 Å². The van der Waals surface area contributed by atoms with Crippen LogP contribution in [0.4, 0.5) is 0 Å². The molecule has 2 heteroatoms. The predicted octanol–water partition coefficient (Wildman–Crippen LogP) is 3.73. The lowest BCUT2D eigenvalue weighted by atomic mass is 10.1. The molecule has 1 fully saturated rings. The Labute approximate surface area is 111 Å². The third-order valence-corrected chi connectivity index (χ3v) is 3.82. The molecule has 1 unspecified atom stereocenters. The molecule has 100 valence electrons. The van der Waals surface area contributed by atoms with Crippen molar-refractivity contribution in [3.05, 3.63) is 35.4 Å². The van der Waals surface area contributed by atoms with Crippen LogP contribution in [0.2, 0.25) is 0 Å². The molecule has 0 aromatic heterocycles. The molecule has 0 radical (unpaired) electrons. The normalized spacial score (nSPS) is 19.4. The lowest BCUT2D eigenvalue weighted by Gasteiger charge is -2.19. The fourth-order valence-electron chi connectivity index (χ4n) is 2.56. The van der Waals surface area contributed by atoms with Crippen molar-refractivity contribution < 1.29 is 4.74 Å². The van der Waals surface area contributed by atoms with Crippen LogP contribution >= 0.6 is 0 Å². The van der Waals surface area contributed by atoms with Gasteiger partial charge < -0.3 is 10.5 Å². The summed E-state index contributed by atoms with van der Waals surface area (Å²) in [6, 6.07) is 8.45. The molecule has 18 heavy (non-hydrogen) atoms. The Morgan fingerprint density at radius 1 is 1.11 bits per heavy atom. The maximum atomic E-state index is 6.18. The minimum atomic E-state index is 0.00820. The minimum absolute atomic E-state index is 0.00820. The first-order valence-electron chi connectivity index (χ1n) is 7.19. The molecule has 0 heterocycles. The molecule has 0 bridgehead atoms. The van der Waals surface area contributed by atoms with Crippen LogP contribution in [0.1, 0.15) is 55.7 Å². The molecule has 0 aliphatic heterocycles. The summed E-state index contributed by atoms with van der Waals surface area (Å²) in [6.07, 6.45) is 8.20. The van der Waals surface area contributed by atoms with Gasteiger partial charge in [0.05, 0.1) is 18.8 Å². The van der Waals surface area contributed by atoms with Crippen molar-refractivity contribution in [2.45, 2.75) is 57.6 Å². The quantitative estimate of drug-likeness (QED) is 0.823. The van der Waals surface area contributed by atoms with E-state index in [1.54, 1.807) is 0 Å². The first-order valence-corrected chi connectivity index (χ1v) is 7.19. The summed E-state index contributed by atoms with van der Waals surface area (Å²) in [5.74, 6) is 0. The molecule has 1 aromatic carbocycles. The van der Waals surface area contributed by atoms with Crippen molar-refractivity contribution in [3.8, 4) is 0 Å². The fraction of sp³-hybridized carbons (Fsp3) is 0.625. The van der Waals surface area contributed by atoms with Gasteiger partial charge in [0.2, 0.25) is 0 Å². The second-order valence-corrected chi connectivity index (χ2v) is 5.46. The summed E-state index contributed by atoms with van der Waals surface area (Å²) in [4.78, 5) is 0. The topological polar surface area (TPSA) is 35.2 Å². The second kappa shape index (κ2) is 6.91. The van der Waals surface area contributed by atoms with Crippen molar-refractivity contribution >= 4 is 0 Å². The highest BCUT2D eigenvalue weighted by Crippen LogP contribution is 2.21. The molecule has 1 aromatic rings. The standard InChI is InChI=1S/C16H25NO/c1-13-8-10-14(11-9-13)16(17)12-18-15-6-4-2-3-5-7-15/h8-11,15-16H,2-7,12,17H2,1H3. The molecule has 2 rings (SSSR count). The molecule has 0 amide bonds. The number of aryl methyl sites for hydroxylation is 1. The van der Waals surface area contributed by atoms with Crippen LogP contribution in [0, 0.1) is 6.92 Å². The molecular weight excluding hydrogens is 222 g/mol. The lowest BCUT2D eigenvalue weighted by molar-refractivity contribution is 0.0345. The maximum Gasteiger partial charge on any atom is 0.0663 e. The van der Waals surface area contributed by atoms with E-state index < -0.39 is 0 Å². The van der Waals surface area contributed by atoms with Gasteiger partial charge in [-0.2, -0.15) is 0 Å². The first kappa shape index (κ1) is 13.6. The fourth-order valence-corrected chi connectivity index (χ4v) is 2.56. The van der Waals surface area contributed by atoms with Gasteiger partial charge in [0.15, 0.2) is 0 Å². The van der Waals surface area contributed by atoms with Crippen molar-refractivity contribution in [2.75, 3.05) is 6.61 Å². The van der Waals surface area contributed by atoms with Gasteiger partial charge in [0, 0.05) is 0 Å². The van der Waals surface area contributed by atoms with Crippen molar-refractivity contribution in [3.63, 3.8) is 0 Å². The van der Waals surface area contributed by atoms with Crippen LogP contribution in [0.15, 0.2) is 24.3 Å². The van der Waals surface area contributed by atoms with E-state index in [4.69, 9.17) is 10.5 Å². The van der Waals surface area contributed by atoms with Gasteiger partial charge in [-0.15, -0.1) is 0 Å². The second-order valence-electron chi connectivity index (χ2n) is 5.46. The summed E-state index contributed by atoms with van der Waals surface area (Å²) in [5.41, 5.74) is 8.63. The molecule has 2 N–H and O–H groups in total. The minimum Gasteiger partial charge on any atom is -0.376 e. The van der Waals surface area contributed by atoms with E-state index in [0.29, 0.717) is 12.7 Å². The van der Waals surface area contributed by atoms with E-state index >= 15 is 0 Å². The molecule has 1 atom stereocenters. The van der Waals surface area contributed by atoms with Gasteiger partial charge in [-0.25, -0.2) is 0 Å². The van der Waals surface area contributed by atoms with Crippen LogP contribution in [0.25, 0.3) is 0 Å². The van der Waals surface area contributed by atoms with E-state index in [1.807, 2.05) is 0 Å². The summed E-state index contributed by atoms with van der Waals surface area (Å²) in [7, 11) is 0. The Hall–Kier alpha value is -0.860. The molecular formula is C16H25NO. The monoisotopic (exact) mass is 247 g/mol. The van der Waals surface area contributed by atoms with Crippen LogP contribution in [-0.2, 0) is 4.74 Å². The molecule has 2 nitrogen and oxygen atoms in total. The van der Waals surface area contributed by atoms with E-state index in [2.05, 4.69) is 31.2 Å². The van der Waals surface area contributed by atoms with Crippen LogP contribution in [-0.4, -0.2) is 12.7 Å². The van der Waals surface area contributed by atoms with E-state index in [1.165, 1.54) is 49.7 Å². The average molecular weight is 247 g/mol. The van der Waals surface area contributed by atoms with E-state index in [-0.39, 0.29) is 6.04 Å². The largest absolute Gasteiger partial charge is 0.376 e. The molecule has 1 aliphatic rings. The third kappa shape index (κ3) is 4.11. The number of hydrogen-bond donors (Lipinski definition) is 1. The van der Waals surface area contributed by atoms with Crippen LogP contribution in [0.5, 0.6) is 0 Å². The zero-order valence-electron chi connectivity index (χ0n) is 11.4. The van der Waals surface area contributed by atoms with Crippen molar-refractivity contribution in [1.82, 2.24) is 0 Å². The molecule has 1 saturated carbocycles. The van der Waals surface area contributed by atoms with Crippen LogP contribution < -0.4 is 5.73 Å². The Morgan fingerprint density at radius 2 is 1.72 bits per heavy atom. The number of rotatable bonds is 4. The highest BCUT2D eigenvalue weighted by atomic mass is 16.5. The van der Waals surface area contributed by atoms with Crippen molar-refractivity contribution in [2.24, 2.45) is 5.73 Å². The SMILES string of the molecule is Cc1ccc(C(N)COC2CCCCCC2)cc1. The average Bonchev–Trinajstić information content (AvgIpc) is 2.65. The summed E-state index contributed by atoms with van der Waals surface area (Å²) in [5, 5.41) is 0. The van der Waals surface area contributed by atoms with Gasteiger partial charge >= 0.3 is 0 Å². The Balaban J connectivity index is 1.80. The van der Waals surface area contributed by atoms with Gasteiger partial charge in [-0.3, -0.25) is 0 Å². The number of ether oxygens (including phenoxy) is 1. The van der Waals surface area contributed by atoms with Crippen LogP contribution in [0.3, 0.4) is 0 Å². The van der Waals surface area contributed by atoms with Gasteiger partial charge in [0.1, 0.15) is 0 Å². The predicted molar refractivity (Wildman–Crippen MR) is 75.5 cm³/mol. The van der Waals surface area contributed by atoms with Crippen molar-refractivity contribution in [1.29, 1.82) is 0 Å². The summed E-state index contributed by atoms with van der Waals surface area (Å²) < 4.78 is 5.98. The zero-order chi connectivity index (χ0) is 12.8. The Kier molecular flexibility index (Phi) is 5.21. The van der Waals surface area contributed by atoms with Gasteiger partial charge in [0.25, 0.3) is 0 Å². The molecule has 0 saturated heterocycles. The van der Waals surface area contributed by atoms with Gasteiger partial charge in [-0.05, 0) is 25.3 Å². The smallest absolute Gasteiger partial charge is 0.0663 e. The van der Waals surface area contributed by atoms with E-state index in [9.17, 15) is 0 Å². The number of nitrogens with two attached hydrogens (primary N) is 1. The Bertz CT molecular complexity index is 339. The highest BCUT2D eigenvalue weighted by molar-refractivity contribution is 5.23. The summed E-state index contributed by atoms with van der Waals surface area (Å²) >= 11 is 0. The number of benzene rings is 1. The number of hydrogen-bond acceptors (Lipinski definition) is 2. The summed E-state index contributed by atoms with van der Waals surface area (Å²) in [6.45, 7) is 2.74. The molecule has 1 aliphatic carbocycles. The first-order chi connectivity index (χ1) is 8.75. The highest BCUT2D eigenvalue weighted by Gasteiger charge is 2.14. The maximum absolute atomic E-state index is 6.18. The molecule has 0 spiro atoms. The van der Waals surface area contributed by atoms with E-state index in [0.717, 1.165) is 0 Å². The Morgan fingerprint density at radius 3 is 2.33 bits per heavy atom. The lowest BCUT2D eigenvalue weighted by Crippen LogP contribution is -2.22. The zero-order valence-corrected chi connectivity index (χ0v) is 11.4.